The number of carbonyl (C=O) groups is 1. The molecule has 0 saturated heterocycles. The molecule has 0 rings (SSSR count). The first-order valence-electron chi connectivity index (χ1n) is 5.33. The van der Waals surface area contributed by atoms with E-state index in [0.717, 1.165) is 19.4 Å². The normalized spacial score (nSPS) is 9.59. The van der Waals surface area contributed by atoms with E-state index in [1.165, 1.54) is 0 Å². The number of aliphatic carboxylic acids is 1. The van der Waals surface area contributed by atoms with E-state index >= 15 is 0 Å². The molecule has 0 aliphatic rings. The van der Waals surface area contributed by atoms with Gasteiger partial charge in [0, 0.05) is 34.3 Å². The molecule has 0 radical (unpaired) electrons. The Labute approximate surface area is 106 Å². The third-order valence-corrected chi connectivity index (χ3v) is 4.47. The van der Waals surface area contributed by atoms with Crippen molar-refractivity contribution in [3.05, 3.63) is 0 Å². The van der Waals surface area contributed by atoms with E-state index in [0.29, 0.717) is 0 Å². The minimum atomic E-state index is -2.22. The molecule has 0 fully saturated rings. The van der Waals surface area contributed by atoms with Crippen LogP contribution in [-0.2, 0) is 18.1 Å². The van der Waals surface area contributed by atoms with Gasteiger partial charge in [-0.25, -0.2) is 0 Å². The van der Waals surface area contributed by atoms with Crippen molar-refractivity contribution in [2.75, 3.05) is 35.4 Å². The van der Waals surface area contributed by atoms with Gasteiger partial charge >= 0.3 is 8.80 Å². The van der Waals surface area contributed by atoms with Crippen molar-refractivity contribution >= 4 is 14.8 Å². The van der Waals surface area contributed by atoms with Crippen LogP contribution in [0.5, 0.6) is 0 Å². The highest BCUT2D eigenvalue weighted by Gasteiger charge is 2.36. The molecular formula is C10H27NO5Si. The lowest BCUT2D eigenvalue weighted by atomic mass is 10.6. The Bertz CT molecular complexity index is 153. The van der Waals surface area contributed by atoms with E-state index in [1.807, 2.05) is 14.1 Å². The Morgan fingerprint density at radius 2 is 1.41 bits per heavy atom. The molecule has 0 amide bonds. The van der Waals surface area contributed by atoms with Crippen molar-refractivity contribution in [1.29, 1.82) is 0 Å². The molecule has 0 atom stereocenters. The van der Waals surface area contributed by atoms with Crippen molar-refractivity contribution in [3.8, 4) is 0 Å². The number of hydrogen-bond donors (Lipinski definition) is 2. The maximum absolute atomic E-state index is 9.00. The molecular weight excluding hydrogens is 242 g/mol. The molecule has 6 nitrogen and oxygen atoms in total. The number of rotatable bonds is 5. The van der Waals surface area contributed by atoms with Crippen molar-refractivity contribution in [1.82, 2.24) is 5.32 Å². The first kappa shape index (κ1) is 21.8. The molecule has 2 N–H and O–H groups in total. The number of hydrogen-bond acceptors (Lipinski definition) is 5. The Morgan fingerprint density at radius 1 is 1.18 bits per heavy atom. The van der Waals surface area contributed by atoms with E-state index in [-0.39, 0.29) is 0 Å². The van der Waals surface area contributed by atoms with Crippen molar-refractivity contribution < 1.29 is 23.2 Å². The first-order chi connectivity index (χ1) is 7.89. The lowest BCUT2D eigenvalue weighted by Crippen LogP contribution is -2.42. The Morgan fingerprint density at radius 3 is 1.47 bits per heavy atom. The second-order valence-electron chi connectivity index (χ2n) is 3.06. The van der Waals surface area contributed by atoms with Crippen LogP contribution in [0.1, 0.15) is 20.3 Å². The van der Waals surface area contributed by atoms with Gasteiger partial charge in [-0.2, -0.15) is 0 Å². The SMILES string of the molecule is CC(=O)O.CCC[Si](OC)(OC)OC.CNC. The zero-order chi connectivity index (χ0) is 14.3. The highest BCUT2D eigenvalue weighted by Crippen LogP contribution is 2.13. The van der Waals surface area contributed by atoms with Crippen LogP contribution in [0.15, 0.2) is 0 Å². The molecule has 0 aliphatic heterocycles. The van der Waals surface area contributed by atoms with Crippen molar-refractivity contribution in [2.24, 2.45) is 0 Å². The van der Waals surface area contributed by atoms with Gasteiger partial charge in [0.1, 0.15) is 0 Å². The highest BCUT2D eigenvalue weighted by molar-refractivity contribution is 6.60. The monoisotopic (exact) mass is 269 g/mol. The van der Waals surface area contributed by atoms with Crippen LogP contribution < -0.4 is 5.32 Å². The highest BCUT2D eigenvalue weighted by atomic mass is 28.4. The fourth-order valence-corrected chi connectivity index (χ4v) is 2.59. The Balaban J connectivity index is -0.000000232. The number of carboxylic acid groups (broad SMARTS) is 1. The first-order valence-corrected chi connectivity index (χ1v) is 7.26. The smallest absolute Gasteiger partial charge is 0.481 e. The van der Waals surface area contributed by atoms with Gasteiger partial charge in [-0.3, -0.25) is 4.79 Å². The van der Waals surface area contributed by atoms with Crippen LogP contribution in [-0.4, -0.2) is 55.3 Å². The predicted octanol–water partition coefficient (Wildman–Crippen LogP) is 1.20. The average Bonchev–Trinajstić information content (AvgIpc) is 2.26. The number of carboxylic acids is 1. The van der Waals surface area contributed by atoms with Crippen LogP contribution in [0.4, 0.5) is 0 Å². The third-order valence-electron chi connectivity index (χ3n) is 1.49. The van der Waals surface area contributed by atoms with Crippen LogP contribution in [0.3, 0.4) is 0 Å². The van der Waals surface area contributed by atoms with Crippen molar-refractivity contribution in [3.63, 3.8) is 0 Å². The number of nitrogens with one attached hydrogen (secondary N) is 1. The van der Waals surface area contributed by atoms with Crippen LogP contribution in [0, 0.1) is 0 Å². The zero-order valence-corrected chi connectivity index (χ0v) is 13.0. The summed E-state index contributed by atoms with van der Waals surface area (Å²) in [6.07, 6.45) is 1.03. The predicted molar refractivity (Wildman–Crippen MR) is 70.2 cm³/mol. The summed E-state index contributed by atoms with van der Waals surface area (Å²) in [5, 5.41) is 10.2. The van der Waals surface area contributed by atoms with Crippen LogP contribution in [0.25, 0.3) is 0 Å². The third kappa shape index (κ3) is 18.1. The molecule has 0 aromatic heterocycles. The van der Waals surface area contributed by atoms with Gasteiger partial charge in [0.15, 0.2) is 0 Å². The summed E-state index contributed by atoms with van der Waals surface area (Å²) in [4.78, 5) is 9.00. The average molecular weight is 269 g/mol. The Kier molecular flexibility index (Phi) is 19.9. The largest absolute Gasteiger partial charge is 0.500 e. The fourth-order valence-electron chi connectivity index (χ4n) is 0.862. The topological polar surface area (TPSA) is 77.0 Å². The van der Waals surface area contributed by atoms with E-state index in [9.17, 15) is 0 Å². The molecule has 0 heterocycles. The maximum atomic E-state index is 9.00. The summed E-state index contributed by atoms with van der Waals surface area (Å²) in [7, 11) is 6.43. The van der Waals surface area contributed by atoms with Gasteiger partial charge in [-0.05, 0) is 14.1 Å². The van der Waals surface area contributed by atoms with E-state index in [1.54, 1.807) is 21.3 Å². The summed E-state index contributed by atoms with van der Waals surface area (Å²) in [6.45, 7) is 3.17. The van der Waals surface area contributed by atoms with Gasteiger partial charge in [-0.1, -0.05) is 13.3 Å². The summed E-state index contributed by atoms with van der Waals surface area (Å²) in [5.41, 5.74) is 0. The Hall–Kier alpha value is -0.473. The summed E-state index contributed by atoms with van der Waals surface area (Å²) in [6, 6.07) is 0.885. The molecule has 0 unspecified atom stereocenters. The zero-order valence-electron chi connectivity index (χ0n) is 12.0. The molecule has 0 aliphatic carbocycles. The molecule has 0 aromatic rings. The van der Waals surface area contributed by atoms with E-state index in [4.69, 9.17) is 23.2 Å². The molecule has 7 heteroatoms. The van der Waals surface area contributed by atoms with Gasteiger partial charge in [-0.15, -0.1) is 0 Å². The van der Waals surface area contributed by atoms with Crippen LogP contribution in [0.2, 0.25) is 6.04 Å². The van der Waals surface area contributed by atoms with Crippen LogP contribution >= 0.6 is 0 Å². The molecule has 17 heavy (non-hydrogen) atoms. The lowest BCUT2D eigenvalue weighted by Gasteiger charge is -2.23. The van der Waals surface area contributed by atoms with E-state index in [2.05, 4.69) is 12.2 Å². The molecule has 0 aromatic carbocycles. The van der Waals surface area contributed by atoms with Gasteiger partial charge in [0.2, 0.25) is 0 Å². The minimum absolute atomic E-state index is 0.833. The fraction of sp³-hybridized carbons (Fsp3) is 0.900. The standard InChI is InChI=1S/C6H16O3Si.C2H7N.C2H4O2/c1-5-6-10(7-2,8-3)9-4;1-3-2;1-2(3)4/h5-6H2,1-4H3;3H,1-2H3;1H3,(H,3,4). The second kappa shape index (κ2) is 15.5. The molecule has 0 saturated carbocycles. The quantitative estimate of drug-likeness (QED) is 0.730. The maximum Gasteiger partial charge on any atom is 0.500 e. The molecule has 106 valence electrons. The van der Waals surface area contributed by atoms with Crippen molar-refractivity contribution in [2.45, 2.75) is 26.3 Å². The second-order valence-corrected chi connectivity index (χ2v) is 6.16. The summed E-state index contributed by atoms with van der Waals surface area (Å²) in [5.74, 6) is -0.833. The summed E-state index contributed by atoms with van der Waals surface area (Å²) >= 11 is 0. The molecule has 0 spiro atoms. The van der Waals surface area contributed by atoms with Gasteiger partial charge < -0.3 is 23.7 Å². The summed E-state index contributed by atoms with van der Waals surface area (Å²) < 4.78 is 15.5. The van der Waals surface area contributed by atoms with Gasteiger partial charge in [0.05, 0.1) is 0 Å². The van der Waals surface area contributed by atoms with Gasteiger partial charge in [0.25, 0.3) is 5.97 Å². The molecule has 0 bridgehead atoms. The minimum Gasteiger partial charge on any atom is -0.481 e. The van der Waals surface area contributed by atoms with E-state index < -0.39 is 14.8 Å². The lowest BCUT2D eigenvalue weighted by molar-refractivity contribution is -0.134.